The summed E-state index contributed by atoms with van der Waals surface area (Å²) in [5.41, 5.74) is 1.99. The largest absolute Gasteiger partial charge is 0.285 e. The van der Waals surface area contributed by atoms with E-state index in [1.165, 1.54) is 4.31 Å². The number of benzene rings is 1. The first-order chi connectivity index (χ1) is 9.89. The van der Waals surface area contributed by atoms with Crippen LogP contribution in [0.5, 0.6) is 0 Å². The number of hydrogen-bond acceptors (Lipinski definition) is 3. The van der Waals surface area contributed by atoms with Crippen molar-refractivity contribution in [2.75, 3.05) is 7.05 Å². The average molecular weight is 307 g/mol. The Kier molecular flexibility index (Phi) is 4.80. The molecule has 1 heterocycles. The van der Waals surface area contributed by atoms with Crippen molar-refractivity contribution in [3.05, 3.63) is 47.8 Å². The van der Waals surface area contributed by atoms with Crippen molar-refractivity contribution in [2.24, 2.45) is 5.92 Å². The fourth-order valence-electron chi connectivity index (χ4n) is 2.16. The quantitative estimate of drug-likeness (QED) is 0.891. The minimum atomic E-state index is -3.47. The highest BCUT2D eigenvalue weighted by molar-refractivity contribution is 7.89. The first kappa shape index (κ1) is 15.7. The lowest BCUT2D eigenvalue weighted by atomic mass is 10.0. The van der Waals surface area contributed by atoms with Crippen molar-refractivity contribution in [1.29, 1.82) is 0 Å². The molecule has 1 N–H and O–H groups in total. The molecule has 0 aliphatic heterocycles. The first-order valence-electron chi connectivity index (χ1n) is 6.92. The van der Waals surface area contributed by atoms with Gasteiger partial charge < -0.3 is 0 Å². The van der Waals surface area contributed by atoms with Gasteiger partial charge in [-0.1, -0.05) is 26.0 Å². The normalized spacial score (nSPS) is 12.2. The molecule has 0 fully saturated rings. The smallest absolute Gasteiger partial charge is 0.243 e. The van der Waals surface area contributed by atoms with Crippen molar-refractivity contribution < 1.29 is 8.42 Å². The number of nitrogens with one attached hydrogen (secondary N) is 1. The second-order valence-corrected chi connectivity index (χ2v) is 7.65. The summed E-state index contributed by atoms with van der Waals surface area (Å²) < 4.78 is 26.3. The predicted octanol–water partition coefficient (Wildman–Crippen LogP) is 2.43. The minimum Gasteiger partial charge on any atom is -0.285 e. The van der Waals surface area contributed by atoms with Gasteiger partial charge in [-0.05, 0) is 30.0 Å². The van der Waals surface area contributed by atoms with E-state index in [4.69, 9.17) is 0 Å². The van der Waals surface area contributed by atoms with Gasteiger partial charge in [0.2, 0.25) is 10.0 Å². The van der Waals surface area contributed by atoms with E-state index in [9.17, 15) is 8.42 Å². The maximum absolute atomic E-state index is 12.5. The Balaban J connectivity index is 2.15. The number of aromatic amines is 1. The zero-order chi connectivity index (χ0) is 15.5. The Bertz CT molecular complexity index is 661. The number of aromatic nitrogens is 2. The van der Waals surface area contributed by atoms with Crippen molar-refractivity contribution >= 4 is 10.0 Å². The molecule has 2 rings (SSSR count). The molecule has 0 amide bonds. The fraction of sp³-hybridized carbons (Fsp3) is 0.400. The molecule has 1 aromatic heterocycles. The molecule has 114 valence electrons. The molecule has 0 spiro atoms. The third-order valence-electron chi connectivity index (χ3n) is 3.24. The molecular weight excluding hydrogens is 286 g/mol. The number of rotatable bonds is 6. The van der Waals surface area contributed by atoms with Gasteiger partial charge in [-0.2, -0.15) is 9.40 Å². The second-order valence-electron chi connectivity index (χ2n) is 5.61. The average Bonchev–Trinajstić information content (AvgIpc) is 2.91. The van der Waals surface area contributed by atoms with E-state index in [1.807, 2.05) is 12.1 Å². The lowest BCUT2D eigenvalue weighted by Gasteiger charge is -2.16. The monoisotopic (exact) mass is 307 g/mol. The van der Waals surface area contributed by atoms with Crippen LogP contribution in [-0.4, -0.2) is 30.0 Å². The van der Waals surface area contributed by atoms with Crippen LogP contribution >= 0.6 is 0 Å². The molecule has 0 bridgehead atoms. The lowest BCUT2D eigenvalue weighted by Crippen LogP contribution is -2.26. The summed E-state index contributed by atoms with van der Waals surface area (Å²) in [5.74, 6) is 0.552. The molecule has 5 nitrogen and oxygen atoms in total. The zero-order valence-electron chi connectivity index (χ0n) is 12.6. The van der Waals surface area contributed by atoms with Crippen LogP contribution in [0.2, 0.25) is 0 Å². The van der Waals surface area contributed by atoms with E-state index in [-0.39, 0.29) is 0 Å². The molecule has 0 atom stereocenters. The van der Waals surface area contributed by atoms with Gasteiger partial charge in [-0.15, -0.1) is 0 Å². The molecule has 2 aromatic rings. The molecule has 6 heteroatoms. The minimum absolute atomic E-state index is 0.298. The molecule has 0 radical (unpaired) electrons. The SMILES string of the molecule is CC(C)Cc1ccc(S(=O)(=O)N(C)Cc2cn[nH]c2)cc1. The Labute approximate surface area is 126 Å². The second kappa shape index (κ2) is 6.41. The molecule has 0 saturated heterocycles. The predicted molar refractivity (Wildman–Crippen MR) is 82.2 cm³/mol. The molecular formula is C15H21N3O2S. The summed E-state index contributed by atoms with van der Waals surface area (Å²) in [5, 5.41) is 6.50. The molecule has 0 unspecified atom stereocenters. The maximum atomic E-state index is 12.5. The van der Waals surface area contributed by atoms with E-state index >= 15 is 0 Å². The summed E-state index contributed by atoms with van der Waals surface area (Å²) in [4.78, 5) is 0.320. The van der Waals surface area contributed by atoms with Crippen molar-refractivity contribution in [1.82, 2.24) is 14.5 Å². The number of sulfonamides is 1. The van der Waals surface area contributed by atoms with Crippen LogP contribution in [0.1, 0.15) is 25.0 Å². The van der Waals surface area contributed by atoms with Crippen LogP contribution in [-0.2, 0) is 23.0 Å². The molecule has 0 saturated carbocycles. The van der Waals surface area contributed by atoms with Crippen LogP contribution in [0.25, 0.3) is 0 Å². The highest BCUT2D eigenvalue weighted by Crippen LogP contribution is 2.18. The molecule has 0 aliphatic rings. The Morgan fingerprint density at radius 2 is 1.86 bits per heavy atom. The third-order valence-corrected chi connectivity index (χ3v) is 5.05. The molecule has 1 aromatic carbocycles. The third kappa shape index (κ3) is 3.92. The topological polar surface area (TPSA) is 66.1 Å². The van der Waals surface area contributed by atoms with Gasteiger partial charge >= 0.3 is 0 Å². The summed E-state index contributed by atoms with van der Waals surface area (Å²) in [6.07, 6.45) is 4.26. The Hall–Kier alpha value is -1.66. The van der Waals surface area contributed by atoms with E-state index < -0.39 is 10.0 Å². The van der Waals surface area contributed by atoms with Crippen LogP contribution in [0, 0.1) is 5.92 Å². The van der Waals surface area contributed by atoms with E-state index in [2.05, 4.69) is 24.0 Å². The zero-order valence-corrected chi connectivity index (χ0v) is 13.4. The summed E-state index contributed by atoms with van der Waals surface area (Å²) in [6, 6.07) is 7.13. The first-order valence-corrected chi connectivity index (χ1v) is 8.36. The van der Waals surface area contributed by atoms with E-state index in [1.54, 1.807) is 31.6 Å². The van der Waals surface area contributed by atoms with Gasteiger partial charge in [-0.3, -0.25) is 5.10 Å². The highest BCUT2D eigenvalue weighted by atomic mass is 32.2. The van der Waals surface area contributed by atoms with Crippen LogP contribution in [0.15, 0.2) is 41.6 Å². The molecule has 21 heavy (non-hydrogen) atoms. The Morgan fingerprint density at radius 3 is 2.38 bits per heavy atom. The standard InChI is InChI=1S/C15H21N3O2S/c1-12(2)8-13-4-6-15(7-5-13)21(19,20)18(3)11-14-9-16-17-10-14/h4-7,9-10,12H,8,11H2,1-3H3,(H,16,17). The Morgan fingerprint density at radius 1 is 1.19 bits per heavy atom. The van der Waals surface area contributed by atoms with Gasteiger partial charge in [0.05, 0.1) is 11.1 Å². The highest BCUT2D eigenvalue weighted by Gasteiger charge is 2.21. The lowest BCUT2D eigenvalue weighted by molar-refractivity contribution is 0.467. The summed E-state index contributed by atoms with van der Waals surface area (Å²) in [6.45, 7) is 4.58. The van der Waals surface area contributed by atoms with Crippen LogP contribution in [0.3, 0.4) is 0 Å². The van der Waals surface area contributed by atoms with E-state index in [0.717, 1.165) is 17.5 Å². The van der Waals surface area contributed by atoms with E-state index in [0.29, 0.717) is 17.4 Å². The molecule has 0 aliphatic carbocycles. The van der Waals surface area contributed by atoms with Crippen molar-refractivity contribution in [2.45, 2.75) is 31.7 Å². The van der Waals surface area contributed by atoms with Gasteiger partial charge in [0.15, 0.2) is 0 Å². The maximum Gasteiger partial charge on any atom is 0.243 e. The van der Waals surface area contributed by atoms with Crippen LogP contribution in [0.4, 0.5) is 0 Å². The number of H-pyrrole nitrogens is 1. The fourth-order valence-corrected chi connectivity index (χ4v) is 3.31. The van der Waals surface area contributed by atoms with Gasteiger partial charge in [0.1, 0.15) is 0 Å². The van der Waals surface area contributed by atoms with Gasteiger partial charge in [0, 0.05) is 25.4 Å². The van der Waals surface area contributed by atoms with Gasteiger partial charge in [-0.25, -0.2) is 8.42 Å². The number of hydrogen-bond donors (Lipinski definition) is 1. The van der Waals surface area contributed by atoms with Crippen LogP contribution < -0.4 is 0 Å². The number of nitrogens with zero attached hydrogens (tertiary/aromatic N) is 2. The van der Waals surface area contributed by atoms with Crippen molar-refractivity contribution in [3.8, 4) is 0 Å². The summed E-state index contributed by atoms with van der Waals surface area (Å²) in [7, 11) is -1.89. The van der Waals surface area contributed by atoms with Crippen molar-refractivity contribution in [3.63, 3.8) is 0 Å². The summed E-state index contributed by atoms with van der Waals surface area (Å²) >= 11 is 0. The van der Waals surface area contributed by atoms with Gasteiger partial charge in [0.25, 0.3) is 0 Å².